The lowest BCUT2D eigenvalue weighted by Gasteiger charge is -2.24. The highest BCUT2D eigenvalue weighted by Gasteiger charge is 2.34. The number of benzene rings is 1. The fourth-order valence-electron chi connectivity index (χ4n) is 2.42. The summed E-state index contributed by atoms with van der Waals surface area (Å²) in [6, 6.07) is 2.71. The number of nitro groups is 1. The molecule has 0 amide bonds. The molecule has 21 heavy (non-hydrogen) atoms. The first-order chi connectivity index (χ1) is 9.72. The molecule has 0 saturated heterocycles. The van der Waals surface area contributed by atoms with Crippen LogP contribution in [-0.2, 0) is 6.18 Å². The molecule has 0 aliphatic heterocycles. The first kappa shape index (κ1) is 17.4. The molecule has 4 nitrogen and oxygen atoms in total. The Balaban J connectivity index is 3.26. The fourth-order valence-corrected chi connectivity index (χ4v) is 2.42. The maximum Gasteiger partial charge on any atom is 0.416 e. The van der Waals surface area contributed by atoms with Crippen LogP contribution in [0.3, 0.4) is 0 Å². The molecule has 7 heteroatoms. The second-order valence-corrected chi connectivity index (χ2v) is 4.89. The van der Waals surface area contributed by atoms with E-state index in [1.165, 1.54) is 6.07 Å². The first-order valence-electron chi connectivity index (χ1n) is 6.81. The van der Waals surface area contributed by atoms with Crippen molar-refractivity contribution >= 4 is 5.69 Å². The van der Waals surface area contributed by atoms with Crippen molar-refractivity contribution in [2.45, 2.75) is 45.3 Å². The highest BCUT2D eigenvalue weighted by molar-refractivity contribution is 5.46. The second kappa shape index (κ2) is 6.89. The van der Waals surface area contributed by atoms with Crippen molar-refractivity contribution in [3.63, 3.8) is 0 Å². The van der Waals surface area contributed by atoms with Crippen LogP contribution in [0.15, 0.2) is 18.2 Å². The van der Waals surface area contributed by atoms with Gasteiger partial charge in [0.15, 0.2) is 0 Å². The molecule has 2 atom stereocenters. The van der Waals surface area contributed by atoms with Gasteiger partial charge in [0.05, 0.1) is 10.5 Å². The Labute approximate surface area is 121 Å². The molecule has 1 aromatic rings. The van der Waals surface area contributed by atoms with Crippen LogP contribution in [0.2, 0.25) is 0 Å². The average Bonchev–Trinajstić information content (AvgIpc) is 2.42. The minimum absolute atomic E-state index is 0.0227. The van der Waals surface area contributed by atoms with E-state index in [0.29, 0.717) is 18.2 Å². The number of alkyl halides is 3. The Morgan fingerprint density at radius 1 is 1.33 bits per heavy atom. The number of nitro benzene ring substituents is 1. The van der Waals surface area contributed by atoms with Gasteiger partial charge in [0.1, 0.15) is 0 Å². The topological polar surface area (TPSA) is 55.2 Å². The van der Waals surface area contributed by atoms with E-state index in [1.807, 2.05) is 13.8 Å². The second-order valence-electron chi connectivity index (χ2n) is 4.89. The van der Waals surface area contributed by atoms with Crippen molar-refractivity contribution in [3.05, 3.63) is 39.4 Å². The van der Waals surface area contributed by atoms with Crippen LogP contribution in [0.25, 0.3) is 0 Å². The molecule has 0 aromatic heterocycles. The standard InChI is InChI=1S/C14H19F3N2O2/c1-4-12(18-5-2)9(3)11-7-6-10(14(15,16)17)8-13(11)19(20)21/h6-9,12,18H,4-5H2,1-3H3. The maximum absolute atomic E-state index is 12.7. The smallest absolute Gasteiger partial charge is 0.314 e. The number of likely N-dealkylation sites (N-methyl/N-ethyl adjacent to an activating group) is 1. The van der Waals surface area contributed by atoms with Crippen molar-refractivity contribution in [1.82, 2.24) is 5.32 Å². The molecule has 118 valence electrons. The summed E-state index contributed by atoms with van der Waals surface area (Å²) in [6.45, 7) is 6.32. The number of hydrogen-bond acceptors (Lipinski definition) is 3. The molecule has 1 rings (SSSR count). The Morgan fingerprint density at radius 2 is 1.95 bits per heavy atom. The summed E-state index contributed by atoms with van der Waals surface area (Å²) in [7, 11) is 0. The van der Waals surface area contributed by atoms with Crippen LogP contribution in [-0.4, -0.2) is 17.5 Å². The van der Waals surface area contributed by atoms with Gasteiger partial charge in [-0.2, -0.15) is 13.2 Å². The van der Waals surface area contributed by atoms with E-state index in [2.05, 4.69) is 5.32 Å². The molecule has 0 aliphatic rings. The highest BCUT2D eigenvalue weighted by Crippen LogP contribution is 2.36. The summed E-state index contributed by atoms with van der Waals surface area (Å²) in [5.74, 6) is -0.252. The van der Waals surface area contributed by atoms with E-state index < -0.39 is 22.4 Å². The number of halogens is 3. The number of hydrogen-bond donors (Lipinski definition) is 1. The Kier molecular flexibility index (Phi) is 5.71. The van der Waals surface area contributed by atoms with Crippen molar-refractivity contribution in [1.29, 1.82) is 0 Å². The third kappa shape index (κ3) is 4.17. The lowest BCUT2D eigenvalue weighted by Crippen LogP contribution is -2.33. The lowest BCUT2D eigenvalue weighted by atomic mass is 9.89. The van der Waals surface area contributed by atoms with E-state index >= 15 is 0 Å². The monoisotopic (exact) mass is 304 g/mol. The summed E-state index contributed by atoms with van der Waals surface area (Å²) in [5.41, 5.74) is -1.16. The molecule has 0 bridgehead atoms. The Morgan fingerprint density at radius 3 is 2.38 bits per heavy atom. The van der Waals surface area contributed by atoms with Crippen molar-refractivity contribution in [2.75, 3.05) is 6.54 Å². The molecule has 0 heterocycles. The van der Waals surface area contributed by atoms with Gasteiger partial charge in [0.25, 0.3) is 5.69 Å². The molecular formula is C14H19F3N2O2. The van der Waals surface area contributed by atoms with Crippen LogP contribution < -0.4 is 5.32 Å². The molecule has 0 radical (unpaired) electrons. The summed E-state index contributed by atoms with van der Waals surface area (Å²) in [6.07, 6.45) is -3.86. The fraction of sp³-hybridized carbons (Fsp3) is 0.571. The largest absolute Gasteiger partial charge is 0.416 e. The van der Waals surface area contributed by atoms with Crippen molar-refractivity contribution < 1.29 is 18.1 Å². The summed E-state index contributed by atoms with van der Waals surface area (Å²) in [5, 5.41) is 14.3. The Hall–Kier alpha value is -1.63. The van der Waals surface area contributed by atoms with E-state index in [9.17, 15) is 23.3 Å². The van der Waals surface area contributed by atoms with Gasteiger partial charge in [-0.25, -0.2) is 0 Å². The van der Waals surface area contributed by atoms with E-state index in [-0.39, 0.29) is 12.0 Å². The summed E-state index contributed by atoms with van der Waals surface area (Å²) in [4.78, 5) is 10.3. The van der Waals surface area contributed by atoms with Gasteiger partial charge < -0.3 is 5.32 Å². The maximum atomic E-state index is 12.7. The summed E-state index contributed by atoms with van der Waals surface area (Å²) < 4.78 is 38.0. The third-order valence-electron chi connectivity index (χ3n) is 3.55. The van der Waals surface area contributed by atoms with Crippen molar-refractivity contribution in [2.24, 2.45) is 0 Å². The van der Waals surface area contributed by atoms with Gasteiger partial charge in [0, 0.05) is 23.6 Å². The van der Waals surface area contributed by atoms with Gasteiger partial charge in [0.2, 0.25) is 0 Å². The van der Waals surface area contributed by atoms with Gasteiger partial charge in [-0.1, -0.05) is 26.8 Å². The van der Waals surface area contributed by atoms with Crippen LogP contribution in [0.4, 0.5) is 18.9 Å². The molecule has 0 spiro atoms. The molecule has 1 aromatic carbocycles. The van der Waals surface area contributed by atoms with Crippen LogP contribution in [0.1, 0.15) is 44.2 Å². The number of rotatable bonds is 6. The minimum atomic E-state index is -4.58. The zero-order valence-corrected chi connectivity index (χ0v) is 12.2. The molecule has 0 saturated carbocycles. The predicted octanol–water partition coefficient (Wildman–Crippen LogP) is 4.11. The normalized spacial score (nSPS) is 14.8. The third-order valence-corrected chi connectivity index (χ3v) is 3.55. The molecule has 1 N–H and O–H groups in total. The van der Waals surface area contributed by atoms with Crippen LogP contribution in [0.5, 0.6) is 0 Å². The van der Waals surface area contributed by atoms with Gasteiger partial charge in [-0.3, -0.25) is 10.1 Å². The minimum Gasteiger partial charge on any atom is -0.314 e. The highest BCUT2D eigenvalue weighted by atomic mass is 19.4. The molecular weight excluding hydrogens is 285 g/mol. The zero-order chi connectivity index (χ0) is 16.2. The van der Waals surface area contributed by atoms with E-state index in [0.717, 1.165) is 12.5 Å². The average molecular weight is 304 g/mol. The summed E-state index contributed by atoms with van der Waals surface area (Å²) >= 11 is 0. The van der Waals surface area contributed by atoms with E-state index in [4.69, 9.17) is 0 Å². The van der Waals surface area contributed by atoms with Gasteiger partial charge in [-0.15, -0.1) is 0 Å². The van der Waals surface area contributed by atoms with Crippen LogP contribution in [0, 0.1) is 10.1 Å². The zero-order valence-electron chi connectivity index (χ0n) is 12.2. The number of nitrogens with one attached hydrogen (secondary N) is 1. The Bertz CT molecular complexity index is 503. The lowest BCUT2D eigenvalue weighted by molar-refractivity contribution is -0.386. The quantitative estimate of drug-likeness (QED) is 0.635. The SMILES string of the molecule is CCNC(CC)C(C)c1ccc(C(F)(F)F)cc1[N+](=O)[O-]. The molecule has 2 unspecified atom stereocenters. The number of nitrogens with zero attached hydrogens (tertiary/aromatic N) is 1. The molecule has 0 fully saturated rings. The van der Waals surface area contributed by atoms with Gasteiger partial charge in [-0.05, 0) is 19.0 Å². The predicted molar refractivity (Wildman–Crippen MR) is 74.3 cm³/mol. The van der Waals surface area contributed by atoms with Crippen molar-refractivity contribution in [3.8, 4) is 0 Å². The van der Waals surface area contributed by atoms with E-state index in [1.54, 1.807) is 6.92 Å². The first-order valence-corrected chi connectivity index (χ1v) is 6.81. The van der Waals surface area contributed by atoms with Gasteiger partial charge >= 0.3 is 6.18 Å². The molecule has 0 aliphatic carbocycles. The van der Waals surface area contributed by atoms with Crippen LogP contribution >= 0.6 is 0 Å².